The van der Waals surface area contributed by atoms with Crippen molar-refractivity contribution < 1.29 is 5.21 Å². The van der Waals surface area contributed by atoms with E-state index in [0.29, 0.717) is 5.71 Å². The van der Waals surface area contributed by atoms with Crippen LogP contribution in [0.3, 0.4) is 0 Å². The molecule has 2 unspecified atom stereocenters. The van der Waals surface area contributed by atoms with Crippen LogP contribution in [-0.2, 0) is 0 Å². The van der Waals surface area contributed by atoms with Crippen LogP contribution < -0.4 is 5.48 Å². The fraction of sp³-hybridized carbons (Fsp3) is 0.667. The lowest BCUT2D eigenvalue weighted by atomic mass is 9.93. The van der Waals surface area contributed by atoms with Crippen molar-refractivity contribution in [2.75, 3.05) is 13.6 Å². The van der Waals surface area contributed by atoms with Crippen molar-refractivity contribution in [2.45, 2.75) is 33.7 Å². The zero-order chi connectivity index (χ0) is 13.6. The van der Waals surface area contributed by atoms with Gasteiger partial charge in [0.2, 0.25) is 0 Å². The maximum absolute atomic E-state index is 8.88. The van der Waals surface area contributed by atoms with Gasteiger partial charge in [-0.1, -0.05) is 6.92 Å². The van der Waals surface area contributed by atoms with E-state index in [1.54, 1.807) is 0 Å². The third kappa shape index (κ3) is 3.94. The van der Waals surface area contributed by atoms with Gasteiger partial charge in [0.05, 0.1) is 0 Å². The average molecular weight is 240 g/mol. The van der Waals surface area contributed by atoms with Crippen LogP contribution in [-0.4, -0.2) is 42.2 Å². The molecular formula is C12H24N4O. The molecule has 0 spiro atoms. The fourth-order valence-corrected chi connectivity index (χ4v) is 1.50. The minimum Gasteiger partial charge on any atom is -0.360 e. The molecule has 0 aromatic rings. The molecule has 0 bridgehead atoms. The molecule has 2 atom stereocenters. The minimum absolute atomic E-state index is 0.0954. The first-order chi connectivity index (χ1) is 7.90. The summed E-state index contributed by atoms with van der Waals surface area (Å²) in [7, 11) is 1.92. The van der Waals surface area contributed by atoms with Gasteiger partial charge in [-0.15, -0.1) is 0 Å². The van der Waals surface area contributed by atoms with Crippen molar-refractivity contribution in [1.29, 1.82) is 5.41 Å². The molecule has 0 aliphatic rings. The van der Waals surface area contributed by atoms with E-state index in [1.807, 2.05) is 39.6 Å². The highest BCUT2D eigenvalue weighted by Gasteiger charge is 2.20. The van der Waals surface area contributed by atoms with Crippen LogP contribution in [0.15, 0.2) is 16.4 Å². The Labute approximate surface area is 104 Å². The van der Waals surface area contributed by atoms with Crippen LogP contribution in [0.4, 0.5) is 0 Å². The molecule has 0 saturated carbocycles. The summed E-state index contributed by atoms with van der Waals surface area (Å²) < 4.78 is 0. The molecule has 0 aliphatic heterocycles. The third-order valence-corrected chi connectivity index (χ3v) is 3.13. The lowest BCUT2D eigenvalue weighted by Crippen LogP contribution is -2.35. The maximum Gasteiger partial charge on any atom is 0.132 e. The Morgan fingerprint density at radius 2 is 2.06 bits per heavy atom. The number of rotatable bonds is 7. The average Bonchev–Trinajstić information content (AvgIpc) is 2.36. The minimum atomic E-state index is -0.171. The monoisotopic (exact) mass is 240 g/mol. The normalized spacial score (nSPS) is 15.9. The quantitative estimate of drug-likeness (QED) is 0.470. The number of allylic oxidation sites excluding steroid dienone is 1. The van der Waals surface area contributed by atoms with E-state index in [-0.39, 0.29) is 12.0 Å². The first-order valence-electron chi connectivity index (χ1n) is 5.77. The Morgan fingerprint density at radius 1 is 1.53 bits per heavy atom. The topological polar surface area (TPSA) is 71.7 Å². The smallest absolute Gasteiger partial charge is 0.132 e. The van der Waals surface area contributed by atoms with E-state index < -0.39 is 0 Å². The Hall–Kier alpha value is -1.20. The van der Waals surface area contributed by atoms with Gasteiger partial charge >= 0.3 is 0 Å². The predicted molar refractivity (Wildman–Crippen MR) is 71.8 cm³/mol. The lowest BCUT2D eigenvalue weighted by Gasteiger charge is -2.24. The van der Waals surface area contributed by atoms with Gasteiger partial charge in [-0.25, -0.2) is 10.5 Å². The highest BCUT2D eigenvalue weighted by Crippen LogP contribution is 2.17. The molecule has 0 saturated heterocycles. The van der Waals surface area contributed by atoms with E-state index in [4.69, 9.17) is 10.6 Å². The summed E-state index contributed by atoms with van der Waals surface area (Å²) in [6.07, 6.45) is 0. The summed E-state index contributed by atoms with van der Waals surface area (Å²) in [6, 6.07) is -0.171. The van der Waals surface area contributed by atoms with Crippen molar-refractivity contribution in [3.05, 3.63) is 11.4 Å². The molecule has 0 aromatic carbocycles. The van der Waals surface area contributed by atoms with Crippen molar-refractivity contribution in [3.8, 4) is 0 Å². The summed E-state index contributed by atoms with van der Waals surface area (Å²) in [5.74, 6) is 0.622. The summed E-state index contributed by atoms with van der Waals surface area (Å²) in [4.78, 5) is 5.92. The molecule has 0 radical (unpaired) electrons. The van der Waals surface area contributed by atoms with Gasteiger partial charge in [0, 0.05) is 36.8 Å². The van der Waals surface area contributed by atoms with Gasteiger partial charge in [-0.05, 0) is 27.5 Å². The molecular weight excluding hydrogens is 216 g/mol. The Kier molecular flexibility index (Phi) is 6.68. The number of nitrogens with zero attached hydrogens (tertiary/aromatic N) is 2. The number of aliphatic imine (C=N–C) groups is 1. The molecule has 0 fully saturated rings. The largest absolute Gasteiger partial charge is 0.360 e. The number of hydrogen-bond acceptors (Lipinski definition) is 5. The second-order valence-corrected chi connectivity index (χ2v) is 4.24. The highest BCUT2D eigenvalue weighted by molar-refractivity contribution is 5.99. The molecule has 98 valence electrons. The van der Waals surface area contributed by atoms with Crippen LogP contribution in [0.25, 0.3) is 0 Å². The van der Waals surface area contributed by atoms with Crippen LogP contribution >= 0.6 is 0 Å². The third-order valence-electron chi connectivity index (χ3n) is 3.13. The Balaban J connectivity index is 5.11. The van der Waals surface area contributed by atoms with E-state index >= 15 is 0 Å². The molecule has 3 N–H and O–H groups in total. The first kappa shape index (κ1) is 15.8. The fourth-order valence-electron chi connectivity index (χ4n) is 1.50. The van der Waals surface area contributed by atoms with Crippen molar-refractivity contribution >= 4 is 12.4 Å². The second kappa shape index (κ2) is 7.19. The summed E-state index contributed by atoms with van der Waals surface area (Å²) in [5, 5.41) is 17.0. The van der Waals surface area contributed by atoms with E-state index in [1.165, 1.54) is 0 Å². The zero-order valence-electron chi connectivity index (χ0n) is 11.4. The predicted octanol–water partition coefficient (Wildman–Crippen LogP) is 1.89. The van der Waals surface area contributed by atoms with Gasteiger partial charge in [-0.3, -0.25) is 0 Å². The molecule has 0 aromatic heterocycles. The van der Waals surface area contributed by atoms with Crippen LogP contribution in [0, 0.1) is 11.3 Å². The molecule has 0 amide bonds. The maximum atomic E-state index is 8.88. The van der Waals surface area contributed by atoms with Gasteiger partial charge < -0.3 is 15.5 Å². The molecule has 0 heterocycles. The molecule has 0 aliphatic carbocycles. The number of hydroxylamine groups is 1. The summed E-state index contributed by atoms with van der Waals surface area (Å²) in [5.41, 5.74) is 3.43. The van der Waals surface area contributed by atoms with Crippen LogP contribution in [0.1, 0.15) is 27.7 Å². The van der Waals surface area contributed by atoms with E-state index in [2.05, 4.69) is 17.2 Å². The van der Waals surface area contributed by atoms with E-state index in [0.717, 1.165) is 17.9 Å². The number of hydrogen-bond donors (Lipinski definition) is 3. The van der Waals surface area contributed by atoms with Gasteiger partial charge in [0.15, 0.2) is 0 Å². The molecule has 5 nitrogen and oxygen atoms in total. The lowest BCUT2D eigenvalue weighted by molar-refractivity contribution is 0.121. The van der Waals surface area contributed by atoms with Gasteiger partial charge in [0.25, 0.3) is 0 Å². The van der Waals surface area contributed by atoms with Crippen molar-refractivity contribution in [1.82, 2.24) is 10.4 Å². The van der Waals surface area contributed by atoms with E-state index in [9.17, 15) is 0 Å². The summed E-state index contributed by atoms with van der Waals surface area (Å²) >= 11 is 0. The molecule has 5 heteroatoms. The van der Waals surface area contributed by atoms with Crippen molar-refractivity contribution in [2.24, 2.45) is 10.9 Å². The second-order valence-electron chi connectivity index (χ2n) is 4.24. The SMILES string of the molecule is C=N/C(=C(/C)C(=N)C(C)C(C)NO)N(C)CC. The van der Waals surface area contributed by atoms with Gasteiger partial charge in [-0.2, -0.15) is 0 Å². The van der Waals surface area contributed by atoms with Crippen LogP contribution in [0.2, 0.25) is 0 Å². The zero-order valence-corrected chi connectivity index (χ0v) is 11.4. The van der Waals surface area contributed by atoms with Crippen molar-refractivity contribution in [3.63, 3.8) is 0 Å². The Morgan fingerprint density at radius 3 is 2.41 bits per heavy atom. The highest BCUT2D eigenvalue weighted by atomic mass is 16.5. The number of nitrogens with one attached hydrogen (secondary N) is 2. The summed E-state index contributed by atoms with van der Waals surface area (Å²) in [6.45, 7) is 12.0. The molecule has 17 heavy (non-hydrogen) atoms. The van der Waals surface area contributed by atoms with Gasteiger partial charge in [0.1, 0.15) is 5.82 Å². The van der Waals surface area contributed by atoms with Crippen LogP contribution in [0.5, 0.6) is 0 Å². The standard InChI is InChI=1S/C12H24N4O/c1-7-16(6)12(14-5)9(3)11(13)8(2)10(4)15-17/h8,10,13,15,17H,5,7H2,1-4,6H3/b12-9+,13-11?. The first-order valence-corrected chi connectivity index (χ1v) is 5.77. The molecule has 0 rings (SSSR count). The Bertz CT molecular complexity index is 312.